The van der Waals surface area contributed by atoms with Crippen molar-refractivity contribution in [2.75, 3.05) is 23.3 Å². The van der Waals surface area contributed by atoms with Crippen molar-refractivity contribution in [2.24, 2.45) is 0 Å². The molecular weight excluding hydrogens is 276 g/mol. The summed E-state index contributed by atoms with van der Waals surface area (Å²) in [6, 6.07) is 11.4. The highest BCUT2D eigenvalue weighted by atomic mass is 32.1. The van der Waals surface area contributed by atoms with Crippen LogP contribution in [-0.4, -0.2) is 13.1 Å². The smallest absolute Gasteiger partial charge is 0.0496 e. The molecule has 1 atom stereocenters. The molecule has 1 aromatic carbocycles. The molecule has 0 amide bonds. The van der Waals surface area contributed by atoms with Gasteiger partial charge in [0.1, 0.15) is 0 Å². The minimum atomic E-state index is 0.342. The molecule has 0 bridgehead atoms. The van der Waals surface area contributed by atoms with E-state index in [0.29, 0.717) is 6.04 Å². The van der Waals surface area contributed by atoms with E-state index in [-0.39, 0.29) is 0 Å². The summed E-state index contributed by atoms with van der Waals surface area (Å²) in [4.78, 5) is 5.15. The van der Waals surface area contributed by atoms with E-state index < -0.39 is 0 Å². The van der Waals surface area contributed by atoms with Gasteiger partial charge in [0.25, 0.3) is 0 Å². The molecule has 1 N–H and O–H groups in total. The second kappa shape index (κ2) is 6.99. The van der Waals surface area contributed by atoms with Crippen LogP contribution >= 0.6 is 11.3 Å². The zero-order valence-corrected chi connectivity index (χ0v) is 14.6. The van der Waals surface area contributed by atoms with Crippen LogP contribution in [0.25, 0.3) is 0 Å². The van der Waals surface area contributed by atoms with Crippen molar-refractivity contribution < 1.29 is 0 Å². The zero-order valence-electron chi connectivity index (χ0n) is 13.7. The lowest BCUT2D eigenvalue weighted by Crippen LogP contribution is -2.21. The van der Waals surface area contributed by atoms with E-state index in [0.717, 1.165) is 13.1 Å². The van der Waals surface area contributed by atoms with Gasteiger partial charge >= 0.3 is 0 Å². The average Bonchev–Trinajstić information content (AvgIpc) is 2.81. The number of nitrogens with one attached hydrogen (secondary N) is 1. The number of hydrogen-bond acceptors (Lipinski definition) is 3. The number of aryl methyl sites for hydroxylation is 2. The number of anilines is 2. The number of benzene rings is 1. The molecule has 2 rings (SSSR count). The Bertz CT molecular complexity index is 567. The van der Waals surface area contributed by atoms with Gasteiger partial charge in [-0.25, -0.2) is 0 Å². The first-order valence-corrected chi connectivity index (χ1v) is 8.55. The number of nitrogens with zero attached hydrogens (tertiary/aromatic N) is 1. The summed E-state index contributed by atoms with van der Waals surface area (Å²) in [6.07, 6.45) is 0. The Balaban J connectivity index is 2.08. The Morgan fingerprint density at radius 1 is 1.10 bits per heavy atom. The molecule has 0 aliphatic carbocycles. The molecule has 1 unspecified atom stereocenters. The normalized spacial score (nSPS) is 12.2. The molecule has 0 aliphatic heterocycles. The molecule has 2 aromatic rings. The molecule has 0 saturated carbocycles. The topological polar surface area (TPSA) is 15.3 Å². The van der Waals surface area contributed by atoms with Crippen molar-refractivity contribution in [3.05, 3.63) is 45.6 Å². The Labute approximate surface area is 132 Å². The largest absolute Gasteiger partial charge is 0.378 e. The molecule has 0 fully saturated rings. The maximum absolute atomic E-state index is 3.60. The average molecular weight is 302 g/mol. The summed E-state index contributed by atoms with van der Waals surface area (Å²) in [5, 5.41) is 3.60. The Morgan fingerprint density at radius 3 is 2.19 bits per heavy atom. The fourth-order valence-electron chi connectivity index (χ4n) is 2.77. The van der Waals surface area contributed by atoms with E-state index in [9.17, 15) is 0 Å². The minimum absolute atomic E-state index is 0.342. The molecule has 1 aromatic heterocycles. The Kier molecular flexibility index (Phi) is 5.29. The third kappa shape index (κ3) is 3.79. The molecule has 0 saturated heterocycles. The molecule has 2 nitrogen and oxygen atoms in total. The quantitative estimate of drug-likeness (QED) is 0.770. The van der Waals surface area contributed by atoms with E-state index in [4.69, 9.17) is 0 Å². The fourth-order valence-corrected chi connectivity index (χ4v) is 3.79. The fraction of sp³-hybridized carbons (Fsp3) is 0.444. The van der Waals surface area contributed by atoms with Crippen LogP contribution in [0.3, 0.4) is 0 Å². The van der Waals surface area contributed by atoms with Gasteiger partial charge in [0, 0.05) is 40.3 Å². The van der Waals surface area contributed by atoms with Gasteiger partial charge in [-0.1, -0.05) is 0 Å². The second-order valence-electron chi connectivity index (χ2n) is 5.45. The highest BCUT2D eigenvalue weighted by molar-refractivity contribution is 7.12. The van der Waals surface area contributed by atoms with Crippen molar-refractivity contribution in [1.29, 1.82) is 0 Å². The summed E-state index contributed by atoms with van der Waals surface area (Å²) in [5.41, 5.74) is 3.88. The van der Waals surface area contributed by atoms with E-state index >= 15 is 0 Å². The SMILES string of the molecule is CCN(CC)c1ccc(NC(C)c2cc(C)sc2C)cc1. The third-order valence-corrected chi connectivity index (χ3v) is 4.91. The first kappa shape index (κ1) is 15.9. The molecule has 21 heavy (non-hydrogen) atoms. The van der Waals surface area contributed by atoms with Crippen molar-refractivity contribution >= 4 is 22.7 Å². The lowest BCUT2D eigenvalue weighted by atomic mass is 10.1. The van der Waals surface area contributed by atoms with Crippen LogP contribution in [0.1, 0.15) is 42.1 Å². The molecule has 114 valence electrons. The summed E-state index contributed by atoms with van der Waals surface area (Å²) < 4.78 is 0. The second-order valence-corrected chi connectivity index (χ2v) is 6.91. The van der Waals surface area contributed by atoms with Crippen LogP contribution < -0.4 is 10.2 Å². The summed E-state index contributed by atoms with van der Waals surface area (Å²) in [5.74, 6) is 0. The van der Waals surface area contributed by atoms with Crippen LogP contribution in [-0.2, 0) is 0 Å². The maximum Gasteiger partial charge on any atom is 0.0496 e. The zero-order chi connectivity index (χ0) is 15.4. The summed E-state index contributed by atoms with van der Waals surface area (Å²) in [6.45, 7) is 13.1. The lowest BCUT2D eigenvalue weighted by Gasteiger charge is -2.22. The number of rotatable bonds is 6. The van der Waals surface area contributed by atoms with Gasteiger partial charge in [-0.15, -0.1) is 11.3 Å². The van der Waals surface area contributed by atoms with Gasteiger partial charge in [-0.2, -0.15) is 0 Å². The van der Waals surface area contributed by atoms with E-state index in [2.05, 4.69) is 75.2 Å². The number of hydrogen-bond donors (Lipinski definition) is 1. The third-order valence-electron chi connectivity index (χ3n) is 3.92. The Morgan fingerprint density at radius 2 is 1.71 bits per heavy atom. The highest BCUT2D eigenvalue weighted by Crippen LogP contribution is 2.29. The molecule has 0 aliphatic rings. The standard InChI is InChI=1S/C18H26N2S/c1-6-20(7-2)17-10-8-16(9-11-17)19-14(4)18-12-13(3)21-15(18)5/h8-12,14,19H,6-7H2,1-5H3. The predicted molar refractivity (Wildman–Crippen MR) is 95.8 cm³/mol. The van der Waals surface area contributed by atoms with Gasteiger partial charge in [-0.3, -0.25) is 0 Å². The first-order chi connectivity index (χ1) is 10.0. The van der Waals surface area contributed by atoms with Crippen LogP contribution in [0.2, 0.25) is 0 Å². The van der Waals surface area contributed by atoms with Crippen LogP contribution in [0.4, 0.5) is 11.4 Å². The van der Waals surface area contributed by atoms with Crippen LogP contribution in [0.5, 0.6) is 0 Å². The van der Waals surface area contributed by atoms with E-state index in [1.165, 1.54) is 26.7 Å². The van der Waals surface area contributed by atoms with Gasteiger partial charge in [0.15, 0.2) is 0 Å². The van der Waals surface area contributed by atoms with Crippen LogP contribution in [0, 0.1) is 13.8 Å². The Hall–Kier alpha value is -1.48. The van der Waals surface area contributed by atoms with Crippen molar-refractivity contribution in [3.8, 4) is 0 Å². The van der Waals surface area contributed by atoms with E-state index in [1.54, 1.807) is 0 Å². The predicted octanol–water partition coefficient (Wildman–Crippen LogP) is 5.38. The van der Waals surface area contributed by atoms with Crippen LogP contribution in [0.15, 0.2) is 30.3 Å². The van der Waals surface area contributed by atoms with Gasteiger partial charge in [0.2, 0.25) is 0 Å². The molecule has 0 spiro atoms. The maximum atomic E-state index is 3.60. The van der Waals surface area contributed by atoms with E-state index in [1.807, 2.05) is 11.3 Å². The summed E-state index contributed by atoms with van der Waals surface area (Å²) in [7, 11) is 0. The number of thiophene rings is 1. The van der Waals surface area contributed by atoms with Crippen molar-refractivity contribution in [3.63, 3.8) is 0 Å². The highest BCUT2D eigenvalue weighted by Gasteiger charge is 2.11. The van der Waals surface area contributed by atoms with Gasteiger partial charge in [0.05, 0.1) is 0 Å². The minimum Gasteiger partial charge on any atom is -0.378 e. The monoisotopic (exact) mass is 302 g/mol. The first-order valence-electron chi connectivity index (χ1n) is 7.73. The molecular formula is C18H26N2S. The van der Waals surface area contributed by atoms with Crippen molar-refractivity contribution in [2.45, 2.75) is 40.7 Å². The molecule has 3 heteroatoms. The van der Waals surface area contributed by atoms with Gasteiger partial charge < -0.3 is 10.2 Å². The lowest BCUT2D eigenvalue weighted by molar-refractivity contribution is 0.864. The van der Waals surface area contributed by atoms with Crippen molar-refractivity contribution in [1.82, 2.24) is 0 Å². The van der Waals surface area contributed by atoms with Gasteiger partial charge in [-0.05, 0) is 70.5 Å². The summed E-state index contributed by atoms with van der Waals surface area (Å²) >= 11 is 1.87. The molecule has 1 heterocycles. The molecule has 0 radical (unpaired) electrons.